The summed E-state index contributed by atoms with van der Waals surface area (Å²) < 4.78 is 0. The first-order valence-corrected chi connectivity index (χ1v) is 10.9. The highest BCUT2D eigenvalue weighted by Crippen LogP contribution is 2.41. The van der Waals surface area contributed by atoms with E-state index in [1.165, 1.54) is 0 Å². The summed E-state index contributed by atoms with van der Waals surface area (Å²) in [5, 5.41) is 14.1. The van der Waals surface area contributed by atoms with Crippen molar-refractivity contribution in [2.45, 2.75) is 5.60 Å². The van der Waals surface area contributed by atoms with Crippen LogP contribution in [0.1, 0.15) is 27.9 Å². The van der Waals surface area contributed by atoms with E-state index in [0.717, 1.165) is 38.9 Å². The van der Waals surface area contributed by atoms with Gasteiger partial charge in [-0.3, -0.25) is 0 Å². The molecule has 0 unspecified atom stereocenters. The van der Waals surface area contributed by atoms with Crippen LogP contribution in [0.4, 0.5) is 0 Å². The zero-order chi connectivity index (χ0) is 22.0. The minimum atomic E-state index is -1.35. The van der Waals surface area contributed by atoms with Crippen LogP contribution in [0.2, 0.25) is 5.02 Å². The molecule has 0 saturated heterocycles. The number of rotatable bonds is 5. The number of para-hydroxylation sites is 1. The Balaban J connectivity index is 1.77. The fourth-order valence-electron chi connectivity index (χ4n) is 4.23. The first kappa shape index (κ1) is 20.3. The van der Waals surface area contributed by atoms with Crippen LogP contribution in [0.15, 0.2) is 109 Å². The van der Waals surface area contributed by atoms with Crippen molar-refractivity contribution < 1.29 is 5.11 Å². The first-order chi connectivity index (χ1) is 15.7. The minimum absolute atomic E-state index is 0.691. The van der Waals surface area contributed by atoms with Gasteiger partial charge in [0.1, 0.15) is 0 Å². The summed E-state index contributed by atoms with van der Waals surface area (Å²) in [7, 11) is 0. The van der Waals surface area contributed by atoms with E-state index in [9.17, 15) is 5.11 Å². The lowest BCUT2D eigenvalue weighted by atomic mass is 9.81. The molecule has 0 aliphatic carbocycles. The zero-order valence-corrected chi connectivity index (χ0v) is 18.1. The number of aromatic nitrogens is 1. The van der Waals surface area contributed by atoms with Gasteiger partial charge in [0.15, 0.2) is 5.60 Å². The van der Waals surface area contributed by atoms with Gasteiger partial charge < -0.3 is 10.1 Å². The van der Waals surface area contributed by atoms with E-state index < -0.39 is 5.60 Å². The van der Waals surface area contributed by atoms with Gasteiger partial charge in [-0.05, 0) is 34.9 Å². The number of benzene rings is 4. The number of nitrogens with one attached hydrogen (secondary N) is 1. The van der Waals surface area contributed by atoms with Gasteiger partial charge in [-0.25, -0.2) is 0 Å². The van der Waals surface area contributed by atoms with E-state index in [1.54, 1.807) is 0 Å². The van der Waals surface area contributed by atoms with Crippen LogP contribution in [-0.2, 0) is 5.60 Å². The number of H-pyrrole nitrogens is 1. The molecule has 5 aromatic rings. The first-order valence-electron chi connectivity index (χ1n) is 10.5. The molecule has 0 spiro atoms. The van der Waals surface area contributed by atoms with Gasteiger partial charge in [0.05, 0.1) is 5.69 Å². The second-order valence-electron chi connectivity index (χ2n) is 7.79. The average Bonchev–Trinajstić information content (AvgIpc) is 3.22. The van der Waals surface area contributed by atoms with Crippen LogP contribution in [-0.4, -0.2) is 10.1 Å². The smallest absolute Gasteiger partial charge is 0.155 e. The molecule has 0 radical (unpaired) electrons. The number of hydrogen-bond donors (Lipinski definition) is 2. The Morgan fingerprint density at radius 2 is 1.31 bits per heavy atom. The van der Waals surface area contributed by atoms with E-state index in [-0.39, 0.29) is 0 Å². The summed E-state index contributed by atoms with van der Waals surface area (Å²) in [4.78, 5) is 3.52. The summed E-state index contributed by atoms with van der Waals surface area (Å²) in [6, 6.07) is 35.4. The average molecular weight is 436 g/mol. The van der Waals surface area contributed by atoms with Crippen molar-refractivity contribution in [1.29, 1.82) is 0 Å². The van der Waals surface area contributed by atoms with Crippen LogP contribution in [0.3, 0.4) is 0 Å². The Bertz CT molecular complexity index is 1350. The van der Waals surface area contributed by atoms with E-state index in [1.807, 2.05) is 109 Å². The van der Waals surface area contributed by atoms with E-state index in [2.05, 4.69) is 17.1 Å². The van der Waals surface area contributed by atoms with E-state index in [0.29, 0.717) is 5.02 Å². The second kappa shape index (κ2) is 8.51. The van der Waals surface area contributed by atoms with Gasteiger partial charge in [-0.2, -0.15) is 0 Å². The van der Waals surface area contributed by atoms with Crippen LogP contribution in [0.5, 0.6) is 0 Å². The topological polar surface area (TPSA) is 36.0 Å². The molecule has 1 aromatic heterocycles. The van der Waals surface area contributed by atoms with Crippen molar-refractivity contribution >= 4 is 34.7 Å². The zero-order valence-electron chi connectivity index (χ0n) is 17.4. The Labute approximate surface area is 192 Å². The fraction of sp³-hybridized carbons (Fsp3) is 0.0345. The van der Waals surface area contributed by atoms with Crippen LogP contribution in [0.25, 0.3) is 23.1 Å². The molecule has 3 heteroatoms. The Kier molecular flexibility index (Phi) is 5.40. The Morgan fingerprint density at radius 1 is 0.688 bits per heavy atom. The molecule has 156 valence electrons. The molecule has 0 saturated carbocycles. The van der Waals surface area contributed by atoms with Crippen LogP contribution in [0, 0.1) is 0 Å². The van der Waals surface area contributed by atoms with Gasteiger partial charge in [0.25, 0.3) is 0 Å². The molecule has 0 aliphatic heterocycles. The van der Waals surface area contributed by atoms with Crippen molar-refractivity contribution in [2.75, 3.05) is 0 Å². The summed E-state index contributed by atoms with van der Waals surface area (Å²) in [6.07, 6.45) is 4.08. The number of aromatic amines is 1. The normalized spacial score (nSPS) is 11.9. The monoisotopic (exact) mass is 435 g/mol. The number of aliphatic hydroxyl groups is 1. The third-order valence-electron chi connectivity index (χ3n) is 5.78. The standard InChI is InChI=1S/C29H22ClNO/c30-24-15-9-10-21(20-24)18-19-26-25-16-7-8-17-27(25)31-28(26)29(32,22-11-3-1-4-12-22)23-13-5-2-6-14-23/h1-20,31-32H/b19-18+. The predicted octanol–water partition coefficient (Wildman–Crippen LogP) is 7.28. The molecule has 0 aliphatic rings. The maximum absolute atomic E-state index is 12.4. The Hall–Kier alpha value is -3.59. The number of halogens is 1. The molecular weight excluding hydrogens is 414 g/mol. The highest BCUT2D eigenvalue weighted by Gasteiger charge is 2.37. The number of hydrogen-bond acceptors (Lipinski definition) is 1. The lowest BCUT2D eigenvalue weighted by Gasteiger charge is -2.29. The molecule has 2 N–H and O–H groups in total. The summed E-state index contributed by atoms with van der Waals surface area (Å²) >= 11 is 6.18. The molecular formula is C29H22ClNO. The van der Waals surface area contributed by atoms with Crippen molar-refractivity contribution in [3.8, 4) is 0 Å². The highest BCUT2D eigenvalue weighted by molar-refractivity contribution is 6.30. The van der Waals surface area contributed by atoms with Gasteiger partial charge >= 0.3 is 0 Å². The van der Waals surface area contributed by atoms with Gasteiger partial charge in [-0.1, -0.05) is 115 Å². The predicted molar refractivity (Wildman–Crippen MR) is 134 cm³/mol. The lowest BCUT2D eigenvalue weighted by Crippen LogP contribution is -2.30. The summed E-state index contributed by atoms with van der Waals surface area (Å²) in [6.45, 7) is 0. The van der Waals surface area contributed by atoms with Crippen molar-refractivity contribution in [3.63, 3.8) is 0 Å². The van der Waals surface area contributed by atoms with Gasteiger partial charge in [0, 0.05) is 21.5 Å². The molecule has 5 rings (SSSR count). The minimum Gasteiger partial charge on any atom is -0.375 e. The fourth-order valence-corrected chi connectivity index (χ4v) is 4.42. The molecule has 2 nitrogen and oxygen atoms in total. The highest BCUT2D eigenvalue weighted by atomic mass is 35.5. The molecule has 0 fully saturated rings. The quantitative estimate of drug-likeness (QED) is 0.299. The maximum Gasteiger partial charge on any atom is 0.155 e. The maximum atomic E-state index is 12.4. The molecule has 32 heavy (non-hydrogen) atoms. The second-order valence-corrected chi connectivity index (χ2v) is 8.23. The van der Waals surface area contributed by atoms with Gasteiger partial charge in [-0.15, -0.1) is 0 Å². The molecule has 4 aromatic carbocycles. The van der Waals surface area contributed by atoms with Crippen molar-refractivity contribution in [1.82, 2.24) is 4.98 Å². The summed E-state index contributed by atoms with van der Waals surface area (Å²) in [5.74, 6) is 0. The third kappa shape index (κ3) is 3.64. The number of fused-ring (bicyclic) bond motifs is 1. The van der Waals surface area contributed by atoms with E-state index >= 15 is 0 Å². The van der Waals surface area contributed by atoms with Crippen molar-refractivity contribution in [3.05, 3.63) is 142 Å². The van der Waals surface area contributed by atoms with Crippen LogP contribution >= 0.6 is 11.6 Å². The largest absolute Gasteiger partial charge is 0.375 e. The molecule has 0 bridgehead atoms. The summed E-state index contributed by atoms with van der Waals surface area (Å²) in [5.41, 5.74) is 3.89. The molecule has 0 amide bonds. The Morgan fingerprint density at radius 3 is 1.97 bits per heavy atom. The van der Waals surface area contributed by atoms with Gasteiger partial charge in [0.2, 0.25) is 0 Å². The molecule has 0 atom stereocenters. The molecule has 1 heterocycles. The lowest BCUT2D eigenvalue weighted by molar-refractivity contribution is 0.121. The third-order valence-corrected chi connectivity index (χ3v) is 6.02. The van der Waals surface area contributed by atoms with Crippen LogP contribution < -0.4 is 0 Å². The van der Waals surface area contributed by atoms with E-state index in [4.69, 9.17) is 11.6 Å². The van der Waals surface area contributed by atoms with Crippen molar-refractivity contribution in [2.24, 2.45) is 0 Å². The SMILES string of the molecule is OC(c1ccccc1)(c1ccccc1)c1[nH]c2ccccc2c1/C=C/c1cccc(Cl)c1.